The molecule has 1 aromatic heterocycles. The molecule has 1 atom stereocenters. The molecule has 1 fully saturated rings. The molecule has 3 rings (SSSR count). The van der Waals surface area contributed by atoms with Crippen molar-refractivity contribution in [2.75, 3.05) is 26.2 Å². The molecule has 164 valence electrons. The normalized spacial score (nSPS) is 16.6. The lowest BCUT2D eigenvalue weighted by atomic mass is 10.00. The number of aliphatic imine (C=N–C) groups is 1. The van der Waals surface area contributed by atoms with Crippen molar-refractivity contribution in [3.8, 4) is 0 Å². The first kappa shape index (κ1) is 24.6. The second-order valence-corrected chi connectivity index (χ2v) is 8.05. The van der Waals surface area contributed by atoms with E-state index in [1.54, 1.807) is 0 Å². The van der Waals surface area contributed by atoms with Crippen LogP contribution in [0.25, 0.3) is 0 Å². The van der Waals surface area contributed by atoms with Gasteiger partial charge in [-0.05, 0) is 44.4 Å². The highest BCUT2D eigenvalue weighted by molar-refractivity contribution is 14.0. The monoisotopic (exact) mass is 521 g/mol. The number of hydrogen-bond acceptors (Lipinski definition) is 3. The lowest BCUT2D eigenvalue weighted by Gasteiger charge is -2.33. The lowest BCUT2D eigenvalue weighted by Crippen LogP contribution is -2.48. The predicted molar refractivity (Wildman–Crippen MR) is 137 cm³/mol. The van der Waals surface area contributed by atoms with E-state index in [1.165, 1.54) is 11.1 Å². The molecule has 2 aromatic rings. The number of guanidine groups is 1. The summed E-state index contributed by atoms with van der Waals surface area (Å²) < 4.78 is 0. The number of piperidine rings is 1. The summed E-state index contributed by atoms with van der Waals surface area (Å²) in [6, 6.07) is 15.4. The number of halogens is 1. The highest BCUT2D eigenvalue weighted by Crippen LogP contribution is 2.17. The summed E-state index contributed by atoms with van der Waals surface area (Å²) in [7, 11) is 0. The van der Waals surface area contributed by atoms with Gasteiger partial charge in [0, 0.05) is 50.9 Å². The quantitative estimate of drug-likeness (QED) is 0.324. The first-order valence-electron chi connectivity index (χ1n) is 10.9. The van der Waals surface area contributed by atoms with Gasteiger partial charge in [0.15, 0.2) is 5.96 Å². The fourth-order valence-corrected chi connectivity index (χ4v) is 3.78. The van der Waals surface area contributed by atoms with Crippen LogP contribution in [0.5, 0.6) is 0 Å². The molecule has 2 N–H and O–H groups in total. The van der Waals surface area contributed by atoms with E-state index in [1.807, 2.05) is 12.3 Å². The molecule has 6 heteroatoms. The Hall–Kier alpha value is -1.67. The van der Waals surface area contributed by atoms with E-state index in [-0.39, 0.29) is 24.0 Å². The van der Waals surface area contributed by atoms with Crippen LogP contribution < -0.4 is 10.6 Å². The van der Waals surface area contributed by atoms with Gasteiger partial charge in [0.1, 0.15) is 0 Å². The summed E-state index contributed by atoms with van der Waals surface area (Å²) in [5, 5.41) is 7.07. The molecule has 0 radical (unpaired) electrons. The minimum Gasteiger partial charge on any atom is -0.357 e. The molecule has 0 bridgehead atoms. The fourth-order valence-electron chi connectivity index (χ4n) is 3.78. The van der Waals surface area contributed by atoms with Crippen LogP contribution in [-0.4, -0.2) is 48.1 Å². The van der Waals surface area contributed by atoms with E-state index in [2.05, 4.69) is 77.7 Å². The first-order valence-corrected chi connectivity index (χ1v) is 10.9. The van der Waals surface area contributed by atoms with Crippen molar-refractivity contribution >= 4 is 29.9 Å². The van der Waals surface area contributed by atoms with Crippen LogP contribution in [0.1, 0.15) is 49.4 Å². The molecule has 1 aliphatic heterocycles. The Labute approximate surface area is 198 Å². The largest absolute Gasteiger partial charge is 0.357 e. The maximum atomic E-state index is 4.87. The van der Waals surface area contributed by atoms with Crippen LogP contribution in [0.4, 0.5) is 0 Å². The summed E-state index contributed by atoms with van der Waals surface area (Å²) >= 11 is 0. The van der Waals surface area contributed by atoms with Gasteiger partial charge in [0.2, 0.25) is 0 Å². The lowest BCUT2D eigenvalue weighted by molar-refractivity contribution is 0.196. The molecule has 1 aliphatic rings. The molecule has 0 aliphatic carbocycles. The fraction of sp³-hybridized carbons (Fsp3) is 0.500. The SMILES string of the molecule is CCNC(=NCC(C)c1cccc(C)c1)NC1CCN(Cc2ccccn2)CC1.I. The zero-order chi connectivity index (χ0) is 20.5. The van der Waals surface area contributed by atoms with Crippen molar-refractivity contribution in [1.29, 1.82) is 0 Å². The summed E-state index contributed by atoms with van der Waals surface area (Å²) in [4.78, 5) is 11.8. The Morgan fingerprint density at radius 3 is 2.67 bits per heavy atom. The number of pyridine rings is 1. The summed E-state index contributed by atoms with van der Waals surface area (Å²) in [6.45, 7) is 11.3. The van der Waals surface area contributed by atoms with Crippen LogP contribution in [0.2, 0.25) is 0 Å². The summed E-state index contributed by atoms with van der Waals surface area (Å²) in [5.41, 5.74) is 3.81. The number of nitrogens with one attached hydrogen (secondary N) is 2. The van der Waals surface area contributed by atoms with Crippen molar-refractivity contribution in [3.63, 3.8) is 0 Å². The first-order chi connectivity index (χ1) is 14.1. The van der Waals surface area contributed by atoms with Crippen molar-refractivity contribution in [3.05, 3.63) is 65.5 Å². The third-order valence-corrected chi connectivity index (χ3v) is 5.52. The van der Waals surface area contributed by atoms with E-state index in [4.69, 9.17) is 4.99 Å². The molecular weight excluding hydrogens is 485 g/mol. The van der Waals surface area contributed by atoms with Crippen molar-refractivity contribution in [1.82, 2.24) is 20.5 Å². The topological polar surface area (TPSA) is 52.6 Å². The molecule has 0 saturated carbocycles. The average Bonchev–Trinajstić information content (AvgIpc) is 2.74. The number of benzene rings is 1. The highest BCUT2D eigenvalue weighted by Gasteiger charge is 2.20. The van der Waals surface area contributed by atoms with E-state index < -0.39 is 0 Å². The van der Waals surface area contributed by atoms with Gasteiger partial charge in [-0.15, -0.1) is 24.0 Å². The van der Waals surface area contributed by atoms with Gasteiger partial charge in [0.25, 0.3) is 0 Å². The van der Waals surface area contributed by atoms with E-state index in [0.29, 0.717) is 12.0 Å². The minimum atomic E-state index is 0. The second kappa shape index (κ2) is 12.9. The summed E-state index contributed by atoms with van der Waals surface area (Å²) in [6.07, 6.45) is 4.13. The number of hydrogen-bond donors (Lipinski definition) is 2. The molecule has 30 heavy (non-hydrogen) atoms. The molecule has 5 nitrogen and oxygen atoms in total. The third kappa shape index (κ3) is 7.87. The number of likely N-dealkylation sites (tertiary alicyclic amines) is 1. The Kier molecular flexibility index (Phi) is 10.6. The Bertz CT molecular complexity index is 772. The van der Waals surface area contributed by atoms with E-state index >= 15 is 0 Å². The van der Waals surface area contributed by atoms with Gasteiger partial charge >= 0.3 is 0 Å². The van der Waals surface area contributed by atoms with Gasteiger partial charge in [-0.3, -0.25) is 14.9 Å². The molecule has 1 saturated heterocycles. The maximum Gasteiger partial charge on any atom is 0.191 e. The van der Waals surface area contributed by atoms with Crippen LogP contribution in [0, 0.1) is 6.92 Å². The molecule has 2 heterocycles. The molecular formula is C24H36IN5. The van der Waals surface area contributed by atoms with Crippen molar-refractivity contribution in [2.24, 2.45) is 4.99 Å². The number of rotatable bonds is 7. The zero-order valence-electron chi connectivity index (χ0n) is 18.5. The maximum absolute atomic E-state index is 4.87. The Morgan fingerprint density at radius 2 is 2.00 bits per heavy atom. The predicted octanol–water partition coefficient (Wildman–Crippen LogP) is 4.33. The minimum absolute atomic E-state index is 0. The number of aryl methyl sites for hydroxylation is 1. The van der Waals surface area contributed by atoms with Crippen LogP contribution in [0.15, 0.2) is 53.7 Å². The smallest absolute Gasteiger partial charge is 0.191 e. The number of nitrogens with zero attached hydrogens (tertiary/aromatic N) is 3. The van der Waals surface area contributed by atoms with Crippen molar-refractivity contribution < 1.29 is 0 Å². The highest BCUT2D eigenvalue weighted by atomic mass is 127. The Balaban J connectivity index is 0.00000320. The van der Waals surface area contributed by atoms with Crippen LogP contribution in [-0.2, 0) is 6.54 Å². The zero-order valence-corrected chi connectivity index (χ0v) is 20.8. The van der Waals surface area contributed by atoms with E-state index in [0.717, 1.165) is 57.2 Å². The third-order valence-electron chi connectivity index (χ3n) is 5.52. The van der Waals surface area contributed by atoms with Crippen molar-refractivity contribution in [2.45, 2.75) is 52.1 Å². The molecule has 1 unspecified atom stereocenters. The Morgan fingerprint density at radius 1 is 1.20 bits per heavy atom. The van der Waals surface area contributed by atoms with E-state index in [9.17, 15) is 0 Å². The van der Waals surface area contributed by atoms with Crippen LogP contribution in [0.3, 0.4) is 0 Å². The molecule has 0 amide bonds. The average molecular weight is 521 g/mol. The van der Waals surface area contributed by atoms with Gasteiger partial charge in [-0.1, -0.05) is 42.8 Å². The summed E-state index contributed by atoms with van der Waals surface area (Å²) in [5.74, 6) is 1.35. The molecule has 1 aromatic carbocycles. The van der Waals surface area contributed by atoms with Gasteiger partial charge in [-0.2, -0.15) is 0 Å². The second-order valence-electron chi connectivity index (χ2n) is 8.05. The van der Waals surface area contributed by atoms with Gasteiger partial charge in [-0.25, -0.2) is 0 Å². The van der Waals surface area contributed by atoms with Gasteiger partial charge in [0.05, 0.1) is 5.69 Å². The number of aromatic nitrogens is 1. The van der Waals surface area contributed by atoms with Gasteiger partial charge < -0.3 is 10.6 Å². The standard InChI is InChI=1S/C24H35N5.HI/c1-4-25-24(27-17-20(3)21-9-7-8-19(2)16-21)28-22-11-14-29(15-12-22)18-23-10-5-6-13-26-23;/h5-10,13,16,20,22H,4,11-12,14-15,17-18H2,1-3H3,(H2,25,27,28);1H. The van der Waals surface area contributed by atoms with Crippen LogP contribution >= 0.6 is 24.0 Å². The molecule has 0 spiro atoms.